The predicted octanol–water partition coefficient (Wildman–Crippen LogP) is 1.77. The normalized spacial score (nSPS) is 18.6. The molecular formula is C12H12O4. The van der Waals surface area contributed by atoms with Gasteiger partial charge in [0.25, 0.3) is 0 Å². The average molecular weight is 220 g/mol. The average Bonchev–Trinajstić information content (AvgIpc) is 2.27. The van der Waals surface area contributed by atoms with E-state index in [1.807, 2.05) is 0 Å². The van der Waals surface area contributed by atoms with Gasteiger partial charge < -0.3 is 14.9 Å². The first-order valence-corrected chi connectivity index (χ1v) is 5.03. The van der Waals surface area contributed by atoms with Gasteiger partial charge in [-0.05, 0) is 31.2 Å². The van der Waals surface area contributed by atoms with Gasteiger partial charge in [0.05, 0.1) is 0 Å². The first-order valence-electron chi connectivity index (χ1n) is 5.03. The Morgan fingerprint density at radius 2 is 1.94 bits per heavy atom. The zero-order valence-corrected chi connectivity index (χ0v) is 8.80. The van der Waals surface area contributed by atoms with Crippen LogP contribution in [0.4, 0.5) is 0 Å². The molecule has 0 aromatic heterocycles. The second-order valence-electron chi connectivity index (χ2n) is 3.50. The summed E-state index contributed by atoms with van der Waals surface area (Å²) < 4.78 is 5.29. The highest BCUT2D eigenvalue weighted by atomic mass is 16.5. The van der Waals surface area contributed by atoms with E-state index in [0.29, 0.717) is 17.7 Å². The zero-order chi connectivity index (χ0) is 11.7. The van der Waals surface area contributed by atoms with Crippen LogP contribution in [0.1, 0.15) is 24.2 Å². The molecule has 1 aromatic rings. The minimum absolute atomic E-state index is 0.0289. The maximum atomic E-state index is 11.6. The van der Waals surface area contributed by atoms with Crippen LogP contribution >= 0.6 is 0 Å². The number of phenolic OH excluding ortho intramolecular Hbond substituents is 2. The first kappa shape index (κ1) is 10.7. The molecule has 4 nitrogen and oxygen atoms in total. The van der Waals surface area contributed by atoms with Crippen LogP contribution in [-0.4, -0.2) is 22.6 Å². The monoisotopic (exact) mass is 220 g/mol. The highest BCUT2D eigenvalue weighted by molar-refractivity contribution is 6.02. The third-order valence-corrected chi connectivity index (χ3v) is 2.51. The van der Waals surface area contributed by atoms with E-state index in [4.69, 9.17) is 4.74 Å². The van der Waals surface area contributed by atoms with E-state index in [-0.39, 0.29) is 17.3 Å². The summed E-state index contributed by atoms with van der Waals surface area (Å²) in [7, 11) is 0. The van der Waals surface area contributed by atoms with Gasteiger partial charge in [-0.2, -0.15) is 0 Å². The standard InChI is InChI=1S/C12H12O4/c1-2-16-12-10(15)4-3-7-8(13)5-6-9(14)11(7)12/h3-6,12-14H,2H2,1H3. The molecular weight excluding hydrogens is 208 g/mol. The van der Waals surface area contributed by atoms with Crippen molar-refractivity contribution in [3.05, 3.63) is 29.3 Å². The van der Waals surface area contributed by atoms with E-state index in [9.17, 15) is 15.0 Å². The van der Waals surface area contributed by atoms with Gasteiger partial charge in [0.1, 0.15) is 17.6 Å². The lowest BCUT2D eigenvalue weighted by Crippen LogP contribution is -2.18. The molecule has 16 heavy (non-hydrogen) atoms. The van der Waals surface area contributed by atoms with Gasteiger partial charge >= 0.3 is 0 Å². The number of aromatic hydroxyl groups is 2. The van der Waals surface area contributed by atoms with Crippen LogP contribution in [0.15, 0.2) is 18.2 Å². The Labute approximate surface area is 92.8 Å². The Morgan fingerprint density at radius 1 is 1.25 bits per heavy atom. The number of ether oxygens (including phenoxy) is 1. The van der Waals surface area contributed by atoms with Gasteiger partial charge in [0.15, 0.2) is 5.78 Å². The number of benzene rings is 1. The second-order valence-corrected chi connectivity index (χ2v) is 3.50. The highest BCUT2D eigenvalue weighted by Crippen LogP contribution is 2.39. The van der Waals surface area contributed by atoms with Crippen molar-refractivity contribution in [2.45, 2.75) is 13.0 Å². The van der Waals surface area contributed by atoms with Gasteiger partial charge in [-0.15, -0.1) is 0 Å². The van der Waals surface area contributed by atoms with E-state index >= 15 is 0 Å². The summed E-state index contributed by atoms with van der Waals surface area (Å²) in [5.41, 5.74) is 0.785. The molecule has 1 aliphatic rings. The molecule has 0 saturated carbocycles. The lowest BCUT2D eigenvalue weighted by Gasteiger charge is -2.21. The van der Waals surface area contributed by atoms with Crippen molar-refractivity contribution in [1.82, 2.24) is 0 Å². The Morgan fingerprint density at radius 3 is 2.62 bits per heavy atom. The van der Waals surface area contributed by atoms with Crippen LogP contribution in [0.3, 0.4) is 0 Å². The summed E-state index contributed by atoms with van der Waals surface area (Å²) in [6.07, 6.45) is 2.02. The Balaban J connectivity index is 2.59. The number of hydrogen-bond donors (Lipinski definition) is 2. The molecule has 0 aliphatic heterocycles. The van der Waals surface area contributed by atoms with Crippen LogP contribution in [0.2, 0.25) is 0 Å². The summed E-state index contributed by atoms with van der Waals surface area (Å²) in [5.74, 6) is -0.236. The Bertz CT molecular complexity index is 462. The Hall–Kier alpha value is -1.81. The van der Waals surface area contributed by atoms with E-state index in [0.717, 1.165) is 0 Å². The molecule has 0 radical (unpaired) electrons. The second kappa shape index (κ2) is 3.98. The van der Waals surface area contributed by atoms with Crippen LogP contribution in [0.5, 0.6) is 11.5 Å². The van der Waals surface area contributed by atoms with Gasteiger partial charge in [-0.25, -0.2) is 0 Å². The summed E-state index contributed by atoms with van der Waals surface area (Å²) in [6.45, 7) is 2.13. The molecule has 0 saturated heterocycles. The number of phenols is 2. The van der Waals surface area contributed by atoms with Crippen molar-refractivity contribution in [3.63, 3.8) is 0 Å². The molecule has 2 rings (SSSR count). The quantitative estimate of drug-likeness (QED) is 0.745. The van der Waals surface area contributed by atoms with Crippen LogP contribution in [0.25, 0.3) is 6.08 Å². The van der Waals surface area contributed by atoms with Crippen LogP contribution in [-0.2, 0) is 9.53 Å². The number of ketones is 1. The smallest absolute Gasteiger partial charge is 0.189 e. The molecule has 0 amide bonds. The fourth-order valence-electron chi connectivity index (χ4n) is 1.79. The fraction of sp³-hybridized carbons (Fsp3) is 0.250. The van der Waals surface area contributed by atoms with Gasteiger partial charge in [-0.3, -0.25) is 4.79 Å². The molecule has 1 aliphatic carbocycles. The lowest BCUT2D eigenvalue weighted by molar-refractivity contribution is -0.126. The molecule has 4 heteroatoms. The number of carbonyl (C=O) groups is 1. The maximum Gasteiger partial charge on any atom is 0.189 e. The molecule has 0 bridgehead atoms. The highest BCUT2D eigenvalue weighted by Gasteiger charge is 2.29. The number of carbonyl (C=O) groups excluding carboxylic acids is 1. The molecule has 84 valence electrons. The topological polar surface area (TPSA) is 66.8 Å². The number of hydrogen-bond acceptors (Lipinski definition) is 4. The van der Waals surface area contributed by atoms with Crippen LogP contribution in [0, 0.1) is 0 Å². The van der Waals surface area contributed by atoms with Crippen molar-refractivity contribution in [2.24, 2.45) is 0 Å². The summed E-state index contributed by atoms with van der Waals surface area (Å²) in [6, 6.07) is 2.74. The minimum atomic E-state index is -0.822. The van der Waals surface area contributed by atoms with Crippen molar-refractivity contribution < 1.29 is 19.7 Å². The third-order valence-electron chi connectivity index (χ3n) is 2.51. The molecule has 0 fully saturated rings. The van der Waals surface area contributed by atoms with E-state index in [1.165, 1.54) is 24.3 Å². The SMILES string of the molecule is CCOC1C(=O)C=Cc2c(O)ccc(O)c21. The van der Waals surface area contributed by atoms with Gasteiger partial charge in [-0.1, -0.05) is 0 Å². The lowest BCUT2D eigenvalue weighted by atomic mass is 9.92. The van der Waals surface area contributed by atoms with Crippen molar-refractivity contribution in [3.8, 4) is 11.5 Å². The third kappa shape index (κ3) is 1.57. The minimum Gasteiger partial charge on any atom is -0.508 e. The number of rotatable bonds is 2. The first-order chi connectivity index (χ1) is 7.65. The molecule has 0 spiro atoms. The fourth-order valence-corrected chi connectivity index (χ4v) is 1.79. The summed E-state index contributed by atoms with van der Waals surface area (Å²) in [4.78, 5) is 11.6. The molecule has 1 unspecified atom stereocenters. The van der Waals surface area contributed by atoms with E-state index in [1.54, 1.807) is 6.92 Å². The van der Waals surface area contributed by atoms with Gasteiger partial charge in [0, 0.05) is 17.7 Å². The molecule has 2 N–H and O–H groups in total. The zero-order valence-electron chi connectivity index (χ0n) is 8.80. The largest absolute Gasteiger partial charge is 0.508 e. The van der Waals surface area contributed by atoms with Crippen molar-refractivity contribution >= 4 is 11.9 Å². The summed E-state index contributed by atoms with van der Waals surface area (Å²) in [5, 5.41) is 19.3. The van der Waals surface area contributed by atoms with E-state index < -0.39 is 6.10 Å². The van der Waals surface area contributed by atoms with Crippen molar-refractivity contribution in [1.29, 1.82) is 0 Å². The van der Waals surface area contributed by atoms with Gasteiger partial charge in [0.2, 0.25) is 0 Å². The van der Waals surface area contributed by atoms with Crippen LogP contribution < -0.4 is 0 Å². The molecule has 1 atom stereocenters. The maximum absolute atomic E-state index is 11.6. The molecule has 0 heterocycles. The number of fused-ring (bicyclic) bond motifs is 1. The van der Waals surface area contributed by atoms with Crippen molar-refractivity contribution in [2.75, 3.05) is 6.61 Å². The van der Waals surface area contributed by atoms with E-state index in [2.05, 4.69) is 0 Å². The Kier molecular flexibility index (Phi) is 2.66. The summed E-state index contributed by atoms with van der Waals surface area (Å²) >= 11 is 0. The molecule has 1 aromatic carbocycles. The predicted molar refractivity (Wildman–Crippen MR) is 58.2 cm³/mol.